The van der Waals surface area contributed by atoms with Gasteiger partial charge >= 0.3 is 6.09 Å². The number of carbonyl (C=O) groups excluding carboxylic acids is 1. The summed E-state index contributed by atoms with van der Waals surface area (Å²) in [6.07, 6.45) is 4.06. The number of carbonyl (C=O) groups is 1. The number of sulfone groups is 1. The third-order valence-electron chi connectivity index (χ3n) is 3.61. The Bertz CT molecular complexity index is 826. The Kier molecular flexibility index (Phi) is 5.39. The van der Waals surface area contributed by atoms with Crippen molar-refractivity contribution >= 4 is 38.9 Å². The quantitative estimate of drug-likeness (QED) is 0.782. The number of halogens is 1. The molecule has 0 aliphatic carbocycles. The zero-order valence-electron chi connectivity index (χ0n) is 14.8. The van der Waals surface area contributed by atoms with Gasteiger partial charge in [-0.05, 0) is 45.7 Å². The summed E-state index contributed by atoms with van der Waals surface area (Å²) >= 11 is 6.14. The smallest absolute Gasteiger partial charge is 0.414 e. The molecule has 1 aliphatic rings. The van der Waals surface area contributed by atoms with Crippen molar-refractivity contribution in [3.8, 4) is 0 Å². The van der Waals surface area contributed by atoms with Crippen molar-refractivity contribution < 1.29 is 17.9 Å². The molecule has 2 N–H and O–H groups in total. The number of hydrogen-bond acceptors (Lipinski definition) is 5. The highest BCUT2D eigenvalue weighted by molar-refractivity contribution is 7.90. The largest absolute Gasteiger partial charge is 0.443 e. The normalized spacial score (nSPS) is 15.7. The fraction of sp³-hybridized carbons (Fsp3) is 0.471. The number of nitrogens with two attached hydrogens (primary N) is 1. The van der Waals surface area contributed by atoms with E-state index in [1.54, 1.807) is 20.8 Å². The third kappa shape index (κ3) is 4.67. The number of benzene rings is 1. The van der Waals surface area contributed by atoms with Gasteiger partial charge in [0.25, 0.3) is 0 Å². The first-order chi connectivity index (χ1) is 11.4. The van der Waals surface area contributed by atoms with Gasteiger partial charge in [0.2, 0.25) is 0 Å². The molecule has 0 unspecified atom stereocenters. The molecular weight excluding hydrogens is 364 g/mol. The van der Waals surface area contributed by atoms with Crippen LogP contribution in [0.4, 0.5) is 10.5 Å². The Morgan fingerprint density at radius 1 is 1.32 bits per heavy atom. The summed E-state index contributed by atoms with van der Waals surface area (Å²) in [5.74, 6) is 0. The van der Waals surface area contributed by atoms with Crippen molar-refractivity contribution in [2.24, 2.45) is 0 Å². The van der Waals surface area contributed by atoms with E-state index in [0.29, 0.717) is 17.8 Å². The lowest BCUT2D eigenvalue weighted by atomic mass is 10.0. The van der Waals surface area contributed by atoms with E-state index in [2.05, 4.69) is 0 Å². The molecular formula is C17H23ClN2O4S. The highest BCUT2D eigenvalue weighted by Crippen LogP contribution is 2.35. The molecule has 1 aromatic rings. The number of hydrogen-bond donors (Lipinski definition) is 1. The van der Waals surface area contributed by atoms with E-state index in [1.807, 2.05) is 6.08 Å². The topological polar surface area (TPSA) is 89.7 Å². The monoisotopic (exact) mass is 386 g/mol. The summed E-state index contributed by atoms with van der Waals surface area (Å²) < 4.78 is 29.0. The van der Waals surface area contributed by atoms with Crippen molar-refractivity contribution in [2.45, 2.75) is 44.1 Å². The number of allylic oxidation sites excluding steroid dienone is 1. The molecule has 2 rings (SSSR count). The van der Waals surface area contributed by atoms with Gasteiger partial charge < -0.3 is 10.5 Å². The molecule has 0 aromatic heterocycles. The Morgan fingerprint density at radius 2 is 1.96 bits per heavy atom. The van der Waals surface area contributed by atoms with E-state index >= 15 is 0 Å². The lowest BCUT2D eigenvalue weighted by Gasteiger charge is -2.32. The molecule has 25 heavy (non-hydrogen) atoms. The Balaban J connectivity index is 2.46. The second kappa shape index (κ2) is 6.88. The summed E-state index contributed by atoms with van der Waals surface area (Å²) in [4.78, 5) is 14.0. The van der Waals surface area contributed by atoms with Gasteiger partial charge in [0, 0.05) is 24.1 Å². The number of nitrogens with zero attached hydrogens (tertiary/aromatic N) is 1. The average molecular weight is 387 g/mol. The van der Waals surface area contributed by atoms with Crippen LogP contribution >= 0.6 is 11.6 Å². The molecule has 0 spiro atoms. The van der Waals surface area contributed by atoms with E-state index in [0.717, 1.165) is 19.1 Å². The molecule has 0 saturated heterocycles. The van der Waals surface area contributed by atoms with Crippen LogP contribution < -0.4 is 5.73 Å². The van der Waals surface area contributed by atoms with E-state index < -0.39 is 21.5 Å². The van der Waals surface area contributed by atoms with Crippen LogP contribution in [0, 0.1) is 0 Å². The molecule has 0 atom stereocenters. The summed E-state index contributed by atoms with van der Waals surface area (Å²) in [6.45, 7) is 5.88. The molecule has 1 amide bonds. The number of ether oxygens (including phenoxy) is 1. The maximum absolute atomic E-state index is 12.5. The summed E-state index contributed by atoms with van der Waals surface area (Å²) in [6, 6.07) is 2.82. The minimum absolute atomic E-state index is 0.0318. The number of amides is 1. The van der Waals surface area contributed by atoms with Gasteiger partial charge in [0.05, 0.1) is 15.6 Å². The maximum Gasteiger partial charge on any atom is 0.414 e. The van der Waals surface area contributed by atoms with Gasteiger partial charge in [0.15, 0.2) is 9.84 Å². The zero-order chi connectivity index (χ0) is 19.0. The highest BCUT2D eigenvalue weighted by atomic mass is 35.5. The van der Waals surface area contributed by atoms with Crippen LogP contribution in [0.5, 0.6) is 0 Å². The number of nitrogen functional groups attached to an aromatic ring is 1. The summed E-state index contributed by atoms with van der Waals surface area (Å²) in [5.41, 5.74) is 6.78. The summed E-state index contributed by atoms with van der Waals surface area (Å²) in [7, 11) is -3.49. The average Bonchev–Trinajstić information content (AvgIpc) is 2.46. The van der Waals surface area contributed by atoms with Crippen LogP contribution in [-0.2, 0) is 14.6 Å². The minimum Gasteiger partial charge on any atom is -0.443 e. The first kappa shape index (κ1) is 19.6. The van der Waals surface area contributed by atoms with Crippen LogP contribution in [0.2, 0.25) is 5.02 Å². The van der Waals surface area contributed by atoms with Crippen LogP contribution in [0.25, 0.3) is 5.70 Å². The molecule has 0 radical (unpaired) electrons. The van der Waals surface area contributed by atoms with Crippen LogP contribution in [0.1, 0.15) is 39.2 Å². The van der Waals surface area contributed by atoms with E-state index in [4.69, 9.17) is 22.1 Å². The highest BCUT2D eigenvalue weighted by Gasteiger charge is 2.28. The van der Waals surface area contributed by atoms with Gasteiger partial charge in [-0.3, -0.25) is 4.90 Å². The molecule has 0 saturated carbocycles. The minimum atomic E-state index is -3.49. The number of rotatable bonds is 2. The van der Waals surface area contributed by atoms with Gasteiger partial charge in [-0.1, -0.05) is 17.7 Å². The van der Waals surface area contributed by atoms with Crippen molar-refractivity contribution in [3.63, 3.8) is 0 Å². The van der Waals surface area contributed by atoms with E-state index in [-0.39, 0.29) is 15.6 Å². The SMILES string of the molecule is CC(C)(C)OC(=O)N1CCCC=C1c1cc(Cl)c(S(C)(=O)=O)cc1N. The first-order valence-electron chi connectivity index (χ1n) is 7.90. The second-order valence-electron chi connectivity index (χ2n) is 7.01. The third-order valence-corrected chi connectivity index (χ3v) is 5.17. The fourth-order valence-corrected chi connectivity index (χ4v) is 3.89. The first-order valence-corrected chi connectivity index (χ1v) is 10.2. The summed E-state index contributed by atoms with van der Waals surface area (Å²) in [5, 5.41) is 0.0716. The van der Waals surface area contributed by atoms with Crippen molar-refractivity contribution in [3.05, 3.63) is 28.8 Å². The van der Waals surface area contributed by atoms with Gasteiger partial charge in [0.1, 0.15) is 5.60 Å². The van der Waals surface area contributed by atoms with Crippen molar-refractivity contribution in [2.75, 3.05) is 18.5 Å². The Labute approximate surface area is 153 Å². The Hall–Kier alpha value is -1.73. The molecule has 1 heterocycles. The molecule has 1 aromatic carbocycles. The van der Waals surface area contributed by atoms with Crippen LogP contribution in [0.3, 0.4) is 0 Å². The Morgan fingerprint density at radius 3 is 2.52 bits per heavy atom. The van der Waals surface area contributed by atoms with Gasteiger partial charge in [-0.15, -0.1) is 0 Å². The number of anilines is 1. The molecule has 1 aliphatic heterocycles. The van der Waals surface area contributed by atoms with Crippen LogP contribution in [0.15, 0.2) is 23.1 Å². The van der Waals surface area contributed by atoms with Crippen molar-refractivity contribution in [1.82, 2.24) is 4.90 Å². The van der Waals surface area contributed by atoms with E-state index in [1.165, 1.54) is 17.0 Å². The molecule has 8 heteroatoms. The molecule has 6 nitrogen and oxygen atoms in total. The predicted octanol–water partition coefficient (Wildman–Crippen LogP) is 3.70. The lowest BCUT2D eigenvalue weighted by molar-refractivity contribution is 0.0347. The standard InChI is InChI=1S/C17H23ClN2O4S/c1-17(2,3)24-16(21)20-8-6-5-7-14(20)11-9-12(18)15(10-13(11)19)25(4,22)23/h7,9-10H,5-6,8,19H2,1-4H3. The zero-order valence-corrected chi connectivity index (χ0v) is 16.4. The van der Waals surface area contributed by atoms with Crippen molar-refractivity contribution in [1.29, 1.82) is 0 Å². The van der Waals surface area contributed by atoms with Crippen LogP contribution in [-0.4, -0.2) is 37.8 Å². The molecule has 0 bridgehead atoms. The molecule has 138 valence electrons. The fourth-order valence-electron chi connectivity index (χ4n) is 2.56. The predicted molar refractivity (Wildman–Crippen MR) is 99.1 cm³/mol. The lowest BCUT2D eigenvalue weighted by Crippen LogP contribution is -2.37. The van der Waals surface area contributed by atoms with Gasteiger partial charge in [-0.25, -0.2) is 13.2 Å². The van der Waals surface area contributed by atoms with Gasteiger partial charge in [-0.2, -0.15) is 0 Å². The second-order valence-corrected chi connectivity index (χ2v) is 9.40. The van der Waals surface area contributed by atoms with E-state index in [9.17, 15) is 13.2 Å². The molecule has 0 fully saturated rings. The maximum atomic E-state index is 12.5.